The van der Waals surface area contributed by atoms with E-state index in [9.17, 15) is 8.42 Å². The van der Waals surface area contributed by atoms with Crippen molar-refractivity contribution in [3.05, 3.63) is 42.5 Å². The highest BCUT2D eigenvalue weighted by molar-refractivity contribution is 7.89. The SMILES string of the molecule is CC(CN(C)S(=O)(=O)c1cccc2ccccc12)C(=N)N. The number of nitrogens with two attached hydrogens (primary N) is 1. The summed E-state index contributed by atoms with van der Waals surface area (Å²) in [6.07, 6.45) is 0. The van der Waals surface area contributed by atoms with Gasteiger partial charge in [-0.2, -0.15) is 0 Å². The van der Waals surface area contributed by atoms with Crippen molar-refractivity contribution in [1.82, 2.24) is 4.31 Å². The standard InChI is InChI=1S/C15H19N3O2S/c1-11(15(16)17)10-18(2)21(19,20)14-9-5-7-12-6-3-4-8-13(12)14/h3-9,11H,10H2,1-2H3,(H3,16,17). The summed E-state index contributed by atoms with van der Waals surface area (Å²) >= 11 is 0. The summed E-state index contributed by atoms with van der Waals surface area (Å²) < 4.78 is 26.7. The fourth-order valence-electron chi connectivity index (χ4n) is 2.17. The molecule has 3 N–H and O–H groups in total. The summed E-state index contributed by atoms with van der Waals surface area (Å²) in [4.78, 5) is 0.277. The highest BCUT2D eigenvalue weighted by atomic mass is 32.2. The molecule has 0 aliphatic heterocycles. The fourth-order valence-corrected chi connectivity index (χ4v) is 3.64. The molecule has 0 aliphatic carbocycles. The van der Waals surface area contributed by atoms with Gasteiger partial charge >= 0.3 is 0 Å². The first kappa shape index (κ1) is 15.5. The smallest absolute Gasteiger partial charge is 0.243 e. The van der Waals surface area contributed by atoms with Gasteiger partial charge in [-0.1, -0.05) is 43.3 Å². The van der Waals surface area contributed by atoms with Crippen molar-refractivity contribution >= 4 is 26.6 Å². The summed E-state index contributed by atoms with van der Waals surface area (Å²) in [6.45, 7) is 1.92. The first-order valence-electron chi connectivity index (χ1n) is 6.62. The Kier molecular flexibility index (Phi) is 4.29. The van der Waals surface area contributed by atoms with Gasteiger partial charge in [-0.3, -0.25) is 5.41 Å². The number of nitrogens with one attached hydrogen (secondary N) is 1. The van der Waals surface area contributed by atoms with Crippen LogP contribution in [-0.4, -0.2) is 32.2 Å². The zero-order valence-electron chi connectivity index (χ0n) is 12.1. The molecule has 1 atom stereocenters. The zero-order chi connectivity index (χ0) is 15.6. The van der Waals surface area contributed by atoms with Crippen molar-refractivity contribution in [2.24, 2.45) is 11.7 Å². The van der Waals surface area contributed by atoms with Crippen molar-refractivity contribution in [3.63, 3.8) is 0 Å². The van der Waals surface area contributed by atoms with Gasteiger partial charge in [0.2, 0.25) is 10.0 Å². The van der Waals surface area contributed by atoms with Gasteiger partial charge in [-0.15, -0.1) is 0 Å². The molecule has 2 aromatic carbocycles. The molecule has 0 aliphatic rings. The van der Waals surface area contributed by atoms with Gasteiger partial charge in [0.1, 0.15) is 0 Å². The second-order valence-electron chi connectivity index (χ2n) is 5.12. The first-order valence-corrected chi connectivity index (χ1v) is 8.06. The second kappa shape index (κ2) is 5.83. The van der Waals surface area contributed by atoms with Gasteiger partial charge < -0.3 is 5.73 Å². The molecule has 6 heteroatoms. The van der Waals surface area contributed by atoms with E-state index in [4.69, 9.17) is 11.1 Å². The molecule has 1 unspecified atom stereocenters. The topological polar surface area (TPSA) is 87.2 Å². The fraction of sp³-hybridized carbons (Fsp3) is 0.267. The molecular formula is C15H19N3O2S. The van der Waals surface area contributed by atoms with Crippen LogP contribution in [0.5, 0.6) is 0 Å². The van der Waals surface area contributed by atoms with Crippen molar-refractivity contribution in [2.45, 2.75) is 11.8 Å². The van der Waals surface area contributed by atoms with E-state index in [0.717, 1.165) is 5.39 Å². The van der Waals surface area contributed by atoms with Gasteiger partial charge in [0.05, 0.1) is 10.7 Å². The second-order valence-corrected chi connectivity index (χ2v) is 7.13. The van der Waals surface area contributed by atoms with Crippen LogP contribution in [0.4, 0.5) is 0 Å². The van der Waals surface area contributed by atoms with Crippen LogP contribution in [-0.2, 0) is 10.0 Å². The lowest BCUT2D eigenvalue weighted by Gasteiger charge is -2.21. The molecule has 2 aromatic rings. The van der Waals surface area contributed by atoms with Gasteiger partial charge in [-0.05, 0) is 11.5 Å². The number of hydrogen-bond donors (Lipinski definition) is 2. The Morgan fingerprint density at radius 2 is 1.86 bits per heavy atom. The average molecular weight is 305 g/mol. The number of rotatable bonds is 5. The molecule has 0 fully saturated rings. The van der Waals surface area contributed by atoms with E-state index in [0.29, 0.717) is 5.39 Å². The monoisotopic (exact) mass is 305 g/mol. The minimum absolute atomic E-state index is 0.0185. The Morgan fingerprint density at radius 1 is 1.24 bits per heavy atom. The molecule has 0 aromatic heterocycles. The number of sulfonamides is 1. The van der Waals surface area contributed by atoms with Crippen LogP contribution >= 0.6 is 0 Å². The number of fused-ring (bicyclic) bond motifs is 1. The number of benzene rings is 2. The molecule has 0 amide bonds. The summed E-state index contributed by atoms with van der Waals surface area (Å²) in [5.41, 5.74) is 5.42. The van der Waals surface area contributed by atoms with Crippen LogP contribution in [0.3, 0.4) is 0 Å². The minimum atomic E-state index is -3.61. The van der Waals surface area contributed by atoms with Crippen molar-refractivity contribution in [2.75, 3.05) is 13.6 Å². The molecule has 0 saturated carbocycles. The molecule has 0 heterocycles. The molecule has 0 spiro atoms. The Bertz CT molecular complexity index is 766. The highest BCUT2D eigenvalue weighted by Gasteiger charge is 2.24. The van der Waals surface area contributed by atoms with Crippen LogP contribution in [0.1, 0.15) is 6.92 Å². The van der Waals surface area contributed by atoms with Gasteiger partial charge in [0, 0.05) is 24.9 Å². The highest BCUT2D eigenvalue weighted by Crippen LogP contribution is 2.25. The van der Waals surface area contributed by atoms with E-state index in [-0.39, 0.29) is 23.2 Å². The molecular weight excluding hydrogens is 286 g/mol. The Balaban J connectivity index is 2.45. The Hall–Kier alpha value is -1.92. The van der Waals surface area contributed by atoms with Crippen LogP contribution in [0, 0.1) is 11.3 Å². The van der Waals surface area contributed by atoms with Crippen LogP contribution in [0.2, 0.25) is 0 Å². The number of hydrogen-bond acceptors (Lipinski definition) is 3. The molecule has 112 valence electrons. The maximum absolute atomic E-state index is 12.7. The predicted molar refractivity (Wildman–Crippen MR) is 84.8 cm³/mol. The van der Waals surface area contributed by atoms with E-state index < -0.39 is 10.0 Å². The molecule has 21 heavy (non-hydrogen) atoms. The molecule has 5 nitrogen and oxygen atoms in total. The quantitative estimate of drug-likeness (QED) is 0.654. The third-order valence-electron chi connectivity index (χ3n) is 3.50. The van der Waals surface area contributed by atoms with E-state index in [2.05, 4.69) is 0 Å². The van der Waals surface area contributed by atoms with Crippen LogP contribution in [0.15, 0.2) is 47.4 Å². The summed E-state index contributed by atoms with van der Waals surface area (Å²) in [7, 11) is -2.10. The van der Waals surface area contributed by atoms with Crippen LogP contribution in [0.25, 0.3) is 10.8 Å². The minimum Gasteiger partial charge on any atom is -0.387 e. The number of amidine groups is 1. The normalized spacial score (nSPS) is 13.5. The summed E-state index contributed by atoms with van der Waals surface area (Å²) in [5.74, 6) is -0.338. The Morgan fingerprint density at radius 3 is 2.52 bits per heavy atom. The predicted octanol–water partition coefficient (Wildman–Crippen LogP) is 2.03. The molecule has 2 rings (SSSR count). The van der Waals surface area contributed by atoms with Crippen molar-refractivity contribution < 1.29 is 8.42 Å². The maximum Gasteiger partial charge on any atom is 0.243 e. The van der Waals surface area contributed by atoms with E-state index >= 15 is 0 Å². The molecule has 0 saturated heterocycles. The van der Waals surface area contributed by atoms with Gasteiger partial charge in [-0.25, -0.2) is 12.7 Å². The third kappa shape index (κ3) is 3.06. The van der Waals surface area contributed by atoms with E-state index in [1.54, 1.807) is 25.1 Å². The third-order valence-corrected chi connectivity index (χ3v) is 5.38. The lowest BCUT2D eigenvalue weighted by atomic mass is 10.1. The van der Waals surface area contributed by atoms with E-state index in [1.165, 1.54) is 11.4 Å². The maximum atomic E-state index is 12.7. The van der Waals surface area contributed by atoms with Crippen molar-refractivity contribution in [3.8, 4) is 0 Å². The van der Waals surface area contributed by atoms with E-state index in [1.807, 2.05) is 24.3 Å². The number of nitrogens with zero attached hydrogens (tertiary/aromatic N) is 1. The molecule has 0 radical (unpaired) electrons. The van der Waals surface area contributed by atoms with Crippen LogP contribution < -0.4 is 5.73 Å². The van der Waals surface area contributed by atoms with Gasteiger partial charge in [0.15, 0.2) is 0 Å². The van der Waals surface area contributed by atoms with Crippen molar-refractivity contribution in [1.29, 1.82) is 5.41 Å². The zero-order valence-corrected chi connectivity index (χ0v) is 12.9. The Labute approximate surface area is 124 Å². The first-order chi connectivity index (χ1) is 9.84. The van der Waals surface area contributed by atoms with Gasteiger partial charge in [0.25, 0.3) is 0 Å². The lowest BCUT2D eigenvalue weighted by Crippen LogP contribution is -2.35. The molecule has 0 bridgehead atoms. The lowest BCUT2D eigenvalue weighted by molar-refractivity contribution is 0.444. The average Bonchev–Trinajstić information content (AvgIpc) is 2.46. The largest absolute Gasteiger partial charge is 0.387 e. The summed E-state index contributed by atoms with van der Waals surface area (Å²) in [5, 5.41) is 8.97. The summed E-state index contributed by atoms with van der Waals surface area (Å²) in [6, 6.07) is 12.6.